The molecular weight excluding hydrogens is 338 g/mol. The number of benzene rings is 2. The zero-order chi connectivity index (χ0) is 19.1. The second kappa shape index (κ2) is 6.36. The van der Waals surface area contributed by atoms with E-state index in [1.807, 2.05) is 75.4 Å². The molecule has 4 rings (SSSR count). The Bertz CT molecular complexity index is 1180. The zero-order valence-electron chi connectivity index (χ0n) is 15.4. The summed E-state index contributed by atoms with van der Waals surface area (Å²) in [5, 5.41) is 15.3. The average Bonchev–Trinajstić information content (AvgIpc) is 2.99. The summed E-state index contributed by atoms with van der Waals surface area (Å²) in [4.78, 5) is 17.2. The molecule has 2 heterocycles. The second-order valence-corrected chi connectivity index (χ2v) is 6.67. The van der Waals surface area contributed by atoms with Crippen molar-refractivity contribution in [1.82, 2.24) is 14.8 Å². The van der Waals surface area contributed by atoms with Gasteiger partial charge in [-0.05, 0) is 32.4 Å². The molecule has 27 heavy (non-hydrogen) atoms. The minimum absolute atomic E-state index is 0.216. The Labute approximate surface area is 156 Å². The lowest BCUT2D eigenvalue weighted by Gasteiger charge is -2.17. The number of fused-ring (bicyclic) bond motifs is 1. The van der Waals surface area contributed by atoms with Crippen LogP contribution in [0.25, 0.3) is 27.8 Å². The van der Waals surface area contributed by atoms with Crippen molar-refractivity contribution in [1.29, 1.82) is 0 Å². The quantitative estimate of drug-likeness (QED) is 0.576. The van der Waals surface area contributed by atoms with Crippen LogP contribution in [0.1, 0.15) is 27.3 Å². The topological polar surface area (TPSA) is 68.0 Å². The predicted octanol–water partition coefficient (Wildman–Crippen LogP) is 4.71. The molecule has 0 saturated heterocycles. The van der Waals surface area contributed by atoms with Crippen molar-refractivity contribution < 1.29 is 9.90 Å². The number of rotatable bonds is 3. The number of hydrogen-bond donors (Lipinski definition) is 1. The molecule has 5 nitrogen and oxygen atoms in total. The first-order valence-electron chi connectivity index (χ1n) is 8.73. The molecular formula is C22H19N3O2. The summed E-state index contributed by atoms with van der Waals surface area (Å²) >= 11 is 0. The van der Waals surface area contributed by atoms with Crippen LogP contribution in [0.15, 0.2) is 54.6 Å². The van der Waals surface area contributed by atoms with Gasteiger partial charge in [-0.25, -0.2) is 14.5 Å². The molecule has 1 N–H and O–H groups in total. The van der Waals surface area contributed by atoms with Gasteiger partial charge in [0, 0.05) is 16.6 Å². The van der Waals surface area contributed by atoms with E-state index in [0.717, 1.165) is 22.5 Å². The van der Waals surface area contributed by atoms with Gasteiger partial charge in [0.05, 0.1) is 22.5 Å². The lowest BCUT2D eigenvalue weighted by molar-refractivity contribution is 0.0699. The molecule has 0 aliphatic carbocycles. The average molecular weight is 357 g/mol. The number of aromatic carboxylic acids is 1. The van der Waals surface area contributed by atoms with E-state index in [1.54, 1.807) is 4.68 Å². The van der Waals surface area contributed by atoms with Crippen molar-refractivity contribution in [3.63, 3.8) is 0 Å². The Morgan fingerprint density at radius 1 is 1.00 bits per heavy atom. The Hall–Kier alpha value is -3.47. The number of aryl methyl sites for hydroxylation is 3. The molecule has 0 aliphatic heterocycles. The van der Waals surface area contributed by atoms with E-state index in [4.69, 9.17) is 4.98 Å². The largest absolute Gasteiger partial charge is 0.478 e. The van der Waals surface area contributed by atoms with Crippen LogP contribution in [0.2, 0.25) is 0 Å². The highest BCUT2D eigenvalue weighted by Gasteiger charge is 2.24. The van der Waals surface area contributed by atoms with Crippen LogP contribution in [0.4, 0.5) is 0 Å². The van der Waals surface area contributed by atoms with E-state index in [1.165, 1.54) is 0 Å². The van der Waals surface area contributed by atoms with Gasteiger partial charge in [0.25, 0.3) is 0 Å². The Balaban J connectivity index is 2.23. The first kappa shape index (κ1) is 17.0. The van der Waals surface area contributed by atoms with Gasteiger partial charge < -0.3 is 5.11 Å². The number of nitrogens with zero attached hydrogens (tertiary/aromatic N) is 3. The molecule has 2 aromatic carbocycles. The fourth-order valence-electron chi connectivity index (χ4n) is 3.50. The number of carboxylic acids is 1. The third kappa shape index (κ3) is 2.77. The molecule has 0 aliphatic rings. The summed E-state index contributed by atoms with van der Waals surface area (Å²) in [6, 6.07) is 17.2. The molecule has 4 aromatic rings. The summed E-state index contributed by atoms with van der Waals surface area (Å²) in [6.45, 7) is 5.75. The van der Waals surface area contributed by atoms with Crippen molar-refractivity contribution in [2.24, 2.45) is 0 Å². The summed E-state index contributed by atoms with van der Waals surface area (Å²) < 4.78 is 1.69. The molecule has 0 bridgehead atoms. The van der Waals surface area contributed by atoms with Gasteiger partial charge in [-0.1, -0.05) is 48.5 Å². The van der Waals surface area contributed by atoms with Gasteiger partial charge in [0.15, 0.2) is 0 Å². The molecule has 5 heteroatoms. The molecule has 0 saturated carbocycles. The lowest BCUT2D eigenvalue weighted by Crippen LogP contribution is -2.12. The van der Waals surface area contributed by atoms with Crippen molar-refractivity contribution in [3.8, 4) is 16.9 Å². The maximum Gasteiger partial charge on any atom is 0.338 e. The zero-order valence-corrected chi connectivity index (χ0v) is 15.4. The second-order valence-electron chi connectivity index (χ2n) is 6.67. The van der Waals surface area contributed by atoms with Crippen LogP contribution in [0.3, 0.4) is 0 Å². The third-order valence-electron chi connectivity index (χ3n) is 4.67. The highest BCUT2D eigenvalue weighted by molar-refractivity contribution is 6.09. The predicted molar refractivity (Wildman–Crippen MR) is 105 cm³/mol. The minimum atomic E-state index is -0.993. The Morgan fingerprint density at radius 2 is 1.74 bits per heavy atom. The van der Waals surface area contributed by atoms with Gasteiger partial charge >= 0.3 is 5.97 Å². The van der Waals surface area contributed by atoms with Crippen molar-refractivity contribution in [2.45, 2.75) is 20.8 Å². The van der Waals surface area contributed by atoms with Gasteiger partial charge in [0.2, 0.25) is 0 Å². The monoisotopic (exact) mass is 357 g/mol. The number of hydrogen-bond acceptors (Lipinski definition) is 3. The number of carboxylic acid groups (broad SMARTS) is 1. The number of aromatic nitrogens is 3. The van der Waals surface area contributed by atoms with Crippen LogP contribution < -0.4 is 0 Å². The van der Waals surface area contributed by atoms with E-state index >= 15 is 0 Å². The van der Waals surface area contributed by atoms with Crippen molar-refractivity contribution in [3.05, 3.63) is 77.1 Å². The van der Waals surface area contributed by atoms with Gasteiger partial charge in [-0.3, -0.25) is 0 Å². The van der Waals surface area contributed by atoms with Gasteiger partial charge in [-0.15, -0.1) is 0 Å². The molecule has 0 fully saturated rings. The molecule has 134 valence electrons. The number of carbonyl (C=O) groups is 1. The molecule has 0 amide bonds. The first-order valence-corrected chi connectivity index (χ1v) is 8.73. The van der Waals surface area contributed by atoms with E-state index in [2.05, 4.69) is 5.10 Å². The summed E-state index contributed by atoms with van der Waals surface area (Å²) in [5.41, 5.74) is 5.50. The fraction of sp³-hybridized carbons (Fsp3) is 0.136. The molecule has 0 unspecified atom stereocenters. The molecule has 0 radical (unpaired) electrons. The number of pyridine rings is 1. The van der Waals surface area contributed by atoms with Crippen LogP contribution >= 0.6 is 0 Å². The molecule has 0 spiro atoms. The Kier molecular flexibility index (Phi) is 4.00. The summed E-state index contributed by atoms with van der Waals surface area (Å²) in [7, 11) is 0. The maximum absolute atomic E-state index is 12.4. The van der Waals surface area contributed by atoms with E-state index in [-0.39, 0.29) is 5.56 Å². The number of para-hydroxylation sites is 1. The normalized spacial score (nSPS) is 11.1. The lowest BCUT2D eigenvalue weighted by atomic mass is 9.99. The summed E-state index contributed by atoms with van der Waals surface area (Å²) in [6.07, 6.45) is 0. The SMILES string of the molecule is Cc1cc(C)n(-c2c(-c3ccccc3)nc3c(C)cccc3c2C(=O)O)n1. The van der Waals surface area contributed by atoms with Crippen LogP contribution in [-0.2, 0) is 0 Å². The minimum Gasteiger partial charge on any atom is -0.478 e. The van der Waals surface area contributed by atoms with E-state index < -0.39 is 5.97 Å². The standard InChI is InChI=1S/C22H19N3O2/c1-13-8-7-11-17-18(22(26)27)21(25-15(3)12-14(2)24-25)20(23-19(13)17)16-9-5-4-6-10-16/h4-12H,1-3H3,(H,26,27). The van der Waals surface area contributed by atoms with E-state index in [9.17, 15) is 9.90 Å². The third-order valence-corrected chi connectivity index (χ3v) is 4.67. The molecule has 2 aromatic heterocycles. The maximum atomic E-state index is 12.4. The van der Waals surface area contributed by atoms with Gasteiger partial charge in [-0.2, -0.15) is 5.10 Å². The van der Waals surface area contributed by atoms with Crippen molar-refractivity contribution in [2.75, 3.05) is 0 Å². The van der Waals surface area contributed by atoms with Crippen molar-refractivity contribution >= 4 is 16.9 Å². The fourth-order valence-corrected chi connectivity index (χ4v) is 3.50. The Morgan fingerprint density at radius 3 is 2.37 bits per heavy atom. The van der Waals surface area contributed by atoms with Crippen LogP contribution in [0.5, 0.6) is 0 Å². The highest BCUT2D eigenvalue weighted by atomic mass is 16.4. The van der Waals surface area contributed by atoms with Crippen LogP contribution in [0, 0.1) is 20.8 Å². The summed E-state index contributed by atoms with van der Waals surface area (Å²) in [5.74, 6) is -0.993. The highest BCUT2D eigenvalue weighted by Crippen LogP contribution is 2.34. The van der Waals surface area contributed by atoms with Crippen LogP contribution in [-0.4, -0.2) is 25.8 Å². The van der Waals surface area contributed by atoms with Gasteiger partial charge in [0.1, 0.15) is 5.69 Å². The first-order chi connectivity index (χ1) is 13.0. The smallest absolute Gasteiger partial charge is 0.338 e. The van der Waals surface area contributed by atoms with E-state index in [0.29, 0.717) is 22.3 Å². The molecule has 0 atom stereocenters.